The number of hydrogen-bond acceptors (Lipinski definition) is 7. The van der Waals surface area contributed by atoms with E-state index in [-0.39, 0.29) is 13.2 Å². The molecule has 3 atom stereocenters. The lowest BCUT2D eigenvalue weighted by Gasteiger charge is -2.23. The molecule has 0 aromatic heterocycles. The fourth-order valence-corrected chi connectivity index (χ4v) is 5.97. The summed E-state index contributed by atoms with van der Waals surface area (Å²) in [6.45, 7) is -0.267. The highest BCUT2D eigenvalue weighted by atomic mass is 16.6. The third-order valence-corrected chi connectivity index (χ3v) is 8.77. The molecule has 1 aliphatic heterocycles. The number of carbonyl (C=O) groups is 3. The van der Waals surface area contributed by atoms with E-state index in [1.54, 1.807) is 36.4 Å². The molecule has 7 heteroatoms. The quantitative estimate of drug-likeness (QED) is 0.106. The normalized spacial score (nSPS) is 16.6. The van der Waals surface area contributed by atoms with Gasteiger partial charge in [-0.05, 0) is 69.8 Å². The first-order valence-electron chi connectivity index (χ1n) is 16.7. The number of hydrogen-bond donors (Lipinski definition) is 0. The summed E-state index contributed by atoms with van der Waals surface area (Å²) < 4.78 is 23.4. The van der Waals surface area contributed by atoms with Crippen molar-refractivity contribution >= 4 is 17.9 Å². The summed E-state index contributed by atoms with van der Waals surface area (Å²) in [5.41, 5.74) is 6.96. The molecule has 252 valence electrons. The second kappa shape index (κ2) is 15.5. The van der Waals surface area contributed by atoms with Gasteiger partial charge in [-0.1, -0.05) is 127 Å². The fourth-order valence-electron chi connectivity index (χ4n) is 5.97. The van der Waals surface area contributed by atoms with Crippen LogP contribution in [0.1, 0.15) is 31.1 Å². The van der Waals surface area contributed by atoms with Gasteiger partial charge >= 0.3 is 17.9 Å². The SMILES string of the molecule is O=C(OC[C@@H]1OC[C@@H](OC(=O)c2ccc(-c3ccccc3)cc2)[C@H]1OC(=O)c1ccc(-c2ccccc2)cc1)c1ccc(-c2ccccc2)cc1. The van der Waals surface area contributed by atoms with Gasteiger partial charge in [-0.25, -0.2) is 14.4 Å². The van der Waals surface area contributed by atoms with Gasteiger partial charge in [0.2, 0.25) is 0 Å². The van der Waals surface area contributed by atoms with Crippen LogP contribution >= 0.6 is 0 Å². The highest BCUT2D eigenvalue weighted by Gasteiger charge is 2.44. The van der Waals surface area contributed by atoms with Crippen LogP contribution in [0.4, 0.5) is 0 Å². The molecule has 0 aliphatic carbocycles. The lowest BCUT2D eigenvalue weighted by Crippen LogP contribution is -2.40. The smallest absolute Gasteiger partial charge is 0.338 e. The maximum Gasteiger partial charge on any atom is 0.338 e. The van der Waals surface area contributed by atoms with Crippen LogP contribution in [0.15, 0.2) is 164 Å². The van der Waals surface area contributed by atoms with Gasteiger partial charge in [0.15, 0.2) is 12.2 Å². The number of benzene rings is 6. The maximum atomic E-state index is 13.5. The van der Waals surface area contributed by atoms with Crippen LogP contribution in [0.25, 0.3) is 33.4 Å². The van der Waals surface area contributed by atoms with Gasteiger partial charge in [-0.15, -0.1) is 0 Å². The minimum atomic E-state index is -1.04. The molecule has 0 bridgehead atoms. The van der Waals surface area contributed by atoms with Crippen LogP contribution in [0.5, 0.6) is 0 Å². The monoisotopic (exact) mass is 674 g/mol. The van der Waals surface area contributed by atoms with Crippen molar-refractivity contribution in [1.82, 2.24) is 0 Å². The lowest BCUT2D eigenvalue weighted by molar-refractivity contribution is -0.0433. The first-order chi connectivity index (χ1) is 25.0. The van der Waals surface area contributed by atoms with Crippen molar-refractivity contribution in [3.05, 3.63) is 180 Å². The van der Waals surface area contributed by atoms with Crippen LogP contribution in [0, 0.1) is 0 Å². The summed E-state index contributed by atoms with van der Waals surface area (Å²) in [6.07, 6.45) is -2.84. The molecule has 7 nitrogen and oxygen atoms in total. The van der Waals surface area contributed by atoms with E-state index in [2.05, 4.69) is 0 Å². The molecule has 0 N–H and O–H groups in total. The number of carbonyl (C=O) groups excluding carboxylic acids is 3. The van der Waals surface area contributed by atoms with Gasteiger partial charge in [0.1, 0.15) is 12.7 Å². The van der Waals surface area contributed by atoms with Crippen molar-refractivity contribution in [3.8, 4) is 33.4 Å². The topological polar surface area (TPSA) is 88.1 Å². The Morgan fingerprint density at radius 2 is 0.804 bits per heavy atom. The minimum Gasteiger partial charge on any atom is -0.459 e. The van der Waals surface area contributed by atoms with E-state index in [0.29, 0.717) is 16.7 Å². The zero-order valence-corrected chi connectivity index (χ0v) is 27.6. The van der Waals surface area contributed by atoms with Crippen molar-refractivity contribution in [1.29, 1.82) is 0 Å². The minimum absolute atomic E-state index is 0.0489. The first kappa shape index (κ1) is 33.2. The Balaban J connectivity index is 1.05. The Labute approximate surface area is 296 Å². The van der Waals surface area contributed by atoms with E-state index in [9.17, 15) is 14.4 Å². The molecule has 6 aromatic rings. The number of esters is 3. The zero-order chi connectivity index (χ0) is 35.0. The van der Waals surface area contributed by atoms with Crippen molar-refractivity contribution in [2.75, 3.05) is 13.2 Å². The van der Waals surface area contributed by atoms with Gasteiger partial charge in [0.25, 0.3) is 0 Å². The molecule has 1 heterocycles. The highest BCUT2D eigenvalue weighted by molar-refractivity contribution is 5.92. The molecule has 7 rings (SSSR count). The van der Waals surface area contributed by atoms with Gasteiger partial charge in [0.05, 0.1) is 23.3 Å². The Morgan fingerprint density at radius 1 is 0.451 bits per heavy atom. The Hall–Kier alpha value is -6.31. The summed E-state index contributed by atoms with van der Waals surface area (Å²) in [4.78, 5) is 39.8. The van der Waals surface area contributed by atoms with Gasteiger partial charge < -0.3 is 18.9 Å². The largest absolute Gasteiger partial charge is 0.459 e. The molecular formula is C44H34O7. The van der Waals surface area contributed by atoms with Crippen molar-refractivity contribution in [2.45, 2.75) is 18.3 Å². The number of ether oxygens (including phenoxy) is 4. The maximum absolute atomic E-state index is 13.5. The van der Waals surface area contributed by atoms with Crippen molar-refractivity contribution < 1.29 is 33.3 Å². The molecule has 1 aliphatic rings. The number of rotatable bonds is 10. The molecule has 0 unspecified atom stereocenters. The van der Waals surface area contributed by atoms with Crippen LogP contribution < -0.4 is 0 Å². The van der Waals surface area contributed by atoms with E-state index < -0.39 is 36.2 Å². The predicted octanol–water partition coefficient (Wildman–Crippen LogP) is 8.69. The summed E-state index contributed by atoms with van der Waals surface area (Å²) in [7, 11) is 0. The second-order valence-corrected chi connectivity index (χ2v) is 12.1. The second-order valence-electron chi connectivity index (χ2n) is 12.1. The summed E-state index contributed by atoms with van der Waals surface area (Å²) in [5.74, 6) is -1.77. The first-order valence-corrected chi connectivity index (χ1v) is 16.7. The molecular weight excluding hydrogens is 640 g/mol. The highest BCUT2D eigenvalue weighted by Crippen LogP contribution is 2.27. The van der Waals surface area contributed by atoms with E-state index >= 15 is 0 Å². The van der Waals surface area contributed by atoms with Gasteiger partial charge in [-0.2, -0.15) is 0 Å². The molecule has 1 fully saturated rings. The van der Waals surface area contributed by atoms with Crippen LogP contribution in [0.2, 0.25) is 0 Å². The standard InChI is InChI=1S/C44H34O7/c45-42(36-22-16-33(17-23-36)30-10-4-1-5-11-30)49-28-39-41(51-44(47)38-26-20-35(21-27-38)32-14-8-3-9-15-32)40(29-48-39)50-43(46)37-24-18-34(19-25-37)31-12-6-2-7-13-31/h1-27,39-41H,28-29H2/t39-,40+,41-/m0/s1. The van der Waals surface area contributed by atoms with Crippen molar-refractivity contribution in [3.63, 3.8) is 0 Å². The van der Waals surface area contributed by atoms with E-state index in [1.807, 2.05) is 127 Å². The molecule has 6 aromatic carbocycles. The summed E-state index contributed by atoms with van der Waals surface area (Å²) in [5, 5.41) is 0. The predicted molar refractivity (Wildman–Crippen MR) is 194 cm³/mol. The third kappa shape index (κ3) is 7.96. The van der Waals surface area contributed by atoms with E-state index in [4.69, 9.17) is 18.9 Å². The van der Waals surface area contributed by atoms with E-state index in [0.717, 1.165) is 33.4 Å². The molecule has 51 heavy (non-hydrogen) atoms. The Kier molecular flexibility index (Phi) is 10.1. The average Bonchev–Trinajstić information content (AvgIpc) is 3.57. The molecule has 0 radical (unpaired) electrons. The van der Waals surface area contributed by atoms with E-state index in [1.165, 1.54) is 0 Å². The Morgan fingerprint density at radius 3 is 1.22 bits per heavy atom. The molecule has 1 saturated heterocycles. The molecule has 0 saturated carbocycles. The zero-order valence-electron chi connectivity index (χ0n) is 27.6. The van der Waals surface area contributed by atoms with Crippen LogP contribution in [-0.2, 0) is 18.9 Å². The third-order valence-electron chi connectivity index (χ3n) is 8.77. The molecule has 0 spiro atoms. The van der Waals surface area contributed by atoms with Crippen LogP contribution in [0.3, 0.4) is 0 Å². The van der Waals surface area contributed by atoms with Crippen molar-refractivity contribution in [2.24, 2.45) is 0 Å². The van der Waals surface area contributed by atoms with Gasteiger partial charge in [0, 0.05) is 0 Å². The lowest BCUT2D eigenvalue weighted by atomic mass is 10.0. The average molecular weight is 675 g/mol. The fraction of sp³-hybridized carbons (Fsp3) is 0.114. The van der Waals surface area contributed by atoms with Crippen LogP contribution in [-0.4, -0.2) is 49.4 Å². The summed E-state index contributed by atoms with van der Waals surface area (Å²) in [6, 6.07) is 50.7. The summed E-state index contributed by atoms with van der Waals surface area (Å²) >= 11 is 0. The Bertz CT molecular complexity index is 2080. The van der Waals surface area contributed by atoms with Gasteiger partial charge in [-0.3, -0.25) is 0 Å². The molecule has 0 amide bonds.